The molecule has 3 N–H and O–H groups in total. The van der Waals surface area contributed by atoms with Gasteiger partial charge in [-0.3, -0.25) is 14.4 Å². The summed E-state index contributed by atoms with van der Waals surface area (Å²) >= 11 is 13.6. The lowest BCUT2D eigenvalue weighted by Gasteiger charge is -2.18. The predicted octanol–water partition coefficient (Wildman–Crippen LogP) is 8.88. The number of hydrogen-bond donors (Lipinski definition) is 3. The zero-order chi connectivity index (χ0) is 33.2. The Hall–Kier alpha value is -5.02. The maximum atomic E-state index is 13.5. The Kier molecular flexibility index (Phi) is 11.4. The molecular formula is C37H29Cl2N3O4S. The van der Waals surface area contributed by atoms with Crippen molar-refractivity contribution in [3.8, 4) is 5.75 Å². The molecule has 1 unspecified atom stereocenters. The summed E-state index contributed by atoms with van der Waals surface area (Å²) < 4.78 is 5.31. The maximum Gasteiger partial charge on any atom is 0.272 e. The SMILES string of the molecule is COc1cccc(/C=C(\NC(=O)c2ccccc2)C(=O)Nc2ccc(SC(C(=O)Nc3cc(Cl)cc(Cl)c3)c3ccccc3)cc2)c1. The van der Waals surface area contributed by atoms with Crippen LogP contribution in [0.2, 0.25) is 10.0 Å². The fourth-order valence-electron chi connectivity index (χ4n) is 4.53. The van der Waals surface area contributed by atoms with Crippen molar-refractivity contribution in [2.24, 2.45) is 0 Å². The molecule has 0 heterocycles. The molecule has 0 aliphatic rings. The zero-order valence-electron chi connectivity index (χ0n) is 25.1. The van der Waals surface area contributed by atoms with E-state index in [9.17, 15) is 14.4 Å². The molecule has 0 aliphatic carbocycles. The highest BCUT2D eigenvalue weighted by Crippen LogP contribution is 2.37. The van der Waals surface area contributed by atoms with Gasteiger partial charge >= 0.3 is 0 Å². The molecule has 0 spiro atoms. The molecule has 10 heteroatoms. The number of hydrogen-bond acceptors (Lipinski definition) is 5. The highest BCUT2D eigenvalue weighted by molar-refractivity contribution is 8.00. The predicted molar refractivity (Wildman–Crippen MR) is 190 cm³/mol. The third-order valence-corrected chi connectivity index (χ3v) is 8.47. The molecule has 5 aromatic rings. The van der Waals surface area contributed by atoms with Crippen molar-refractivity contribution in [2.75, 3.05) is 17.7 Å². The molecule has 47 heavy (non-hydrogen) atoms. The van der Waals surface area contributed by atoms with Crippen LogP contribution < -0.4 is 20.7 Å². The van der Waals surface area contributed by atoms with Crippen LogP contribution in [0.4, 0.5) is 11.4 Å². The molecule has 0 fully saturated rings. The van der Waals surface area contributed by atoms with Crippen LogP contribution in [-0.4, -0.2) is 24.8 Å². The van der Waals surface area contributed by atoms with E-state index in [-0.39, 0.29) is 11.6 Å². The number of ether oxygens (including phenoxy) is 1. The molecule has 236 valence electrons. The van der Waals surface area contributed by atoms with Crippen molar-refractivity contribution in [1.29, 1.82) is 0 Å². The lowest BCUT2D eigenvalue weighted by atomic mass is 10.1. The minimum absolute atomic E-state index is 0.0486. The van der Waals surface area contributed by atoms with Gasteiger partial charge in [0.25, 0.3) is 11.8 Å². The van der Waals surface area contributed by atoms with E-state index in [1.54, 1.807) is 92.0 Å². The quantitative estimate of drug-likeness (QED) is 0.0956. The molecule has 0 bridgehead atoms. The summed E-state index contributed by atoms with van der Waals surface area (Å²) in [4.78, 5) is 40.8. The molecule has 0 aromatic heterocycles. The number of amides is 3. The molecular weight excluding hydrogens is 653 g/mol. The molecule has 0 radical (unpaired) electrons. The number of benzene rings is 5. The maximum absolute atomic E-state index is 13.5. The standard InChI is InChI=1S/C37H29Cl2N3O4S/c1-46-31-14-8-9-24(19-31)20-33(42-35(43)26-12-6-3-7-13-26)36(44)40-29-15-17-32(18-16-29)47-34(25-10-4-2-5-11-25)37(45)41-30-22-27(38)21-28(39)23-30/h2-23,34H,1H3,(H,40,44)(H,41,45)(H,42,43)/b33-20-. The first-order chi connectivity index (χ1) is 22.8. The zero-order valence-corrected chi connectivity index (χ0v) is 27.4. The summed E-state index contributed by atoms with van der Waals surface area (Å²) in [6.07, 6.45) is 1.58. The first-order valence-electron chi connectivity index (χ1n) is 14.4. The van der Waals surface area contributed by atoms with Crippen molar-refractivity contribution in [1.82, 2.24) is 5.32 Å². The summed E-state index contributed by atoms with van der Waals surface area (Å²) in [5, 5.41) is 8.74. The molecule has 1 atom stereocenters. The summed E-state index contributed by atoms with van der Waals surface area (Å²) in [6, 6.07) is 37.1. The van der Waals surface area contributed by atoms with E-state index in [2.05, 4.69) is 16.0 Å². The number of carbonyl (C=O) groups is 3. The van der Waals surface area contributed by atoms with Crippen molar-refractivity contribution in [2.45, 2.75) is 10.1 Å². The summed E-state index contributed by atoms with van der Waals surface area (Å²) in [5.41, 5.74) is 2.92. The largest absolute Gasteiger partial charge is 0.497 e. The van der Waals surface area contributed by atoms with E-state index >= 15 is 0 Å². The Balaban J connectivity index is 1.34. The Labute approximate surface area is 287 Å². The molecule has 0 aliphatic heterocycles. The van der Waals surface area contributed by atoms with Crippen molar-refractivity contribution in [3.05, 3.63) is 160 Å². The van der Waals surface area contributed by atoms with Crippen LogP contribution in [0, 0.1) is 0 Å². The van der Waals surface area contributed by atoms with Crippen molar-refractivity contribution < 1.29 is 19.1 Å². The number of rotatable bonds is 11. The number of methoxy groups -OCH3 is 1. The topological polar surface area (TPSA) is 96.5 Å². The second-order valence-electron chi connectivity index (χ2n) is 10.2. The van der Waals surface area contributed by atoms with Gasteiger partial charge in [-0.15, -0.1) is 11.8 Å². The second-order valence-corrected chi connectivity index (χ2v) is 12.2. The van der Waals surface area contributed by atoms with Gasteiger partial charge in [-0.25, -0.2) is 0 Å². The van der Waals surface area contributed by atoms with Gasteiger partial charge in [0.15, 0.2) is 0 Å². The van der Waals surface area contributed by atoms with Gasteiger partial charge in [0.05, 0.1) is 7.11 Å². The van der Waals surface area contributed by atoms with Gasteiger partial charge in [-0.2, -0.15) is 0 Å². The lowest BCUT2D eigenvalue weighted by Crippen LogP contribution is -2.30. The molecule has 0 saturated carbocycles. The minimum atomic E-state index is -0.597. The summed E-state index contributed by atoms with van der Waals surface area (Å²) in [5.74, 6) is -0.579. The van der Waals surface area contributed by atoms with Crippen LogP contribution in [0.25, 0.3) is 6.08 Å². The van der Waals surface area contributed by atoms with Crippen molar-refractivity contribution >= 4 is 70.1 Å². The number of halogens is 2. The van der Waals surface area contributed by atoms with Crippen molar-refractivity contribution in [3.63, 3.8) is 0 Å². The van der Waals surface area contributed by atoms with Gasteiger partial charge in [0, 0.05) is 31.9 Å². The van der Waals surface area contributed by atoms with E-state index in [4.69, 9.17) is 27.9 Å². The number of nitrogens with one attached hydrogen (secondary N) is 3. The van der Waals surface area contributed by atoms with E-state index < -0.39 is 17.1 Å². The first kappa shape index (κ1) is 33.3. The molecule has 3 amide bonds. The Morgan fingerprint density at radius 3 is 2.04 bits per heavy atom. The lowest BCUT2D eigenvalue weighted by molar-refractivity contribution is -0.116. The number of anilines is 2. The average Bonchev–Trinajstić information content (AvgIpc) is 3.08. The van der Waals surface area contributed by atoms with E-state index in [1.165, 1.54) is 11.8 Å². The summed E-state index contributed by atoms with van der Waals surface area (Å²) in [7, 11) is 1.55. The number of carbonyl (C=O) groups excluding carboxylic acids is 3. The second kappa shape index (κ2) is 16.0. The van der Waals surface area contributed by atoms with Crippen LogP contribution >= 0.6 is 35.0 Å². The highest BCUT2D eigenvalue weighted by Gasteiger charge is 2.23. The Bertz CT molecular complexity index is 1880. The number of thioether (sulfide) groups is 1. The van der Waals surface area contributed by atoms with Crippen LogP contribution in [0.1, 0.15) is 26.7 Å². The van der Waals surface area contributed by atoms with Crippen LogP contribution in [0.5, 0.6) is 5.75 Å². The van der Waals surface area contributed by atoms with E-state index in [1.807, 2.05) is 48.5 Å². The summed E-state index contributed by atoms with van der Waals surface area (Å²) in [6.45, 7) is 0. The normalized spacial score (nSPS) is 11.7. The van der Waals surface area contributed by atoms with Gasteiger partial charge in [0.2, 0.25) is 5.91 Å². The smallest absolute Gasteiger partial charge is 0.272 e. The van der Waals surface area contributed by atoms with Crippen LogP contribution in [-0.2, 0) is 9.59 Å². The van der Waals surface area contributed by atoms with Gasteiger partial charge in [0.1, 0.15) is 16.7 Å². The third kappa shape index (κ3) is 9.50. The van der Waals surface area contributed by atoms with E-state index in [0.29, 0.717) is 38.3 Å². The minimum Gasteiger partial charge on any atom is -0.497 e. The fourth-order valence-corrected chi connectivity index (χ4v) is 6.08. The molecule has 5 aromatic carbocycles. The van der Waals surface area contributed by atoms with Gasteiger partial charge < -0.3 is 20.7 Å². The van der Waals surface area contributed by atoms with E-state index in [0.717, 1.165) is 10.5 Å². The third-order valence-electron chi connectivity index (χ3n) is 6.77. The molecule has 0 saturated heterocycles. The first-order valence-corrected chi connectivity index (χ1v) is 16.0. The van der Waals surface area contributed by atoms with Crippen LogP contribution in [0.15, 0.2) is 138 Å². The fraction of sp³-hybridized carbons (Fsp3) is 0.0541. The monoisotopic (exact) mass is 681 g/mol. The van der Waals surface area contributed by atoms with Crippen LogP contribution in [0.3, 0.4) is 0 Å². The Morgan fingerprint density at radius 2 is 1.38 bits per heavy atom. The van der Waals surface area contributed by atoms with Gasteiger partial charge in [-0.05, 0) is 83.9 Å². The Morgan fingerprint density at radius 1 is 0.723 bits per heavy atom. The van der Waals surface area contributed by atoms with Gasteiger partial charge in [-0.1, -0.05) is 83.9 Å². The molecule has 5 rings (SSSR count). The average molecular weight is 683 g/mol. The molecule has 7 nitrogen and oxygen atoms in total. The highest BCUT2D eigenvalue weighted by atomic mass is 35.5.